The maximum Gasteiger partial charge on any atom is 0.192 e. The van der Waals surface area contributed by atoms with Gasteiger partial charge < -0.3 is 0 Å². The molecule has 0 fully saturated rings. The molecule has 1 aromatic carbocycles. The van der Waals surface area contributed by atoms with Crippen LogP contribution in [0.1, 0.15) is 0 Å². The van der Waals surface area contributed by atoms with Gasteiger partial charge in [-0.15, -0.1) is 0 Å². The van der Waals surface area contributed by atoms with Crippen molar-refractivity contribution in [2.24, 2.45) is 0 Å². The maximum absolute atomic E-state index is 13.3. The van der Waals surface area contributed by atoms with Gasteiger partial charge in [0.15, 0.2) is 5.16 Å². The molecule has 0 aliphatic carbocycles. The molecule has 2 nitrogen and oxygen atoms in total. The van der Waals surface area contributed by atoms with Crippen molar-refractivity contribution in [2.45, 2.75) is 10.1 Å². The molecule has 0 unspecified atom stereocenters. The summed E-state index contributed by atoms with van der Waals surface area (Å²) in [6, 6.07) is 3.27. The minimum atomic E-state index is -0.488. The van der Waals surface area contributed by atoms with Crippen LogP contribution in [0.15, 0.2) is 45.1 Å². The second-order valence-electron chi connectivity index (χ2n) is 2.86. The van der Waals surface area contributed by atoms with Gasteiger partial charge in [0, 0.05) is 12.4 Å². The van der Waals surface area contributed by atoms with Crippen LogP contribution in [0.25, 0.3) is 0 Å². The van der Waals surface area contributed by atoms with E-state index < -0.39 is 11.6 Å². The van der Waals surface area contributed by atoms with Crippen molar-refractivity contribution in [1.82, 2.24) is 9.97 Å². The minimum Gasteiger partial charge on any atom is -0.230 e. The monoisotopic (exact) mass is 302 g/mol. The fourth-order valence-corrected chi connectivity index (χ4v) is 1.96. The summed E-state index contributed by atoms with van der Waals surface area (Å²) in [5.41, 5.74) is 0. The number of hydrogen-bond donors (Lipinski definition) is 0. The molecular weight excluding hydrogens is 298 g/mol. The first-order chi connectivity index (χ1) is 7.65. The summed E-state index contributed by atoms with van der Waals surface area (Å²) in [6.07, 6.45) is 3.10. The first-order valence-corrected chi connectivity index (χ1v) is 5.86. The molecule has 1 heterocycles. The van der Waals surface area contributed by atoms with Gasteiger partial charge in [-0.3, -0.25) is 0 Å². The van der Waals surface area contributed by atoms with Crippen LogP contribution in [0, 0.1) is 11.6 Å². The molecule has 0 amide bonds. The third-order valence-electron chi connectivity index (χ3n) is 1.69. The zero-order valence-electron chi connectivity index (χ0n) is 7.82. The predicted octanol–water partition coefficient (Wildman–Crippen LogP) is 3.67. The van der Waals surface area contributed by atoms with Crippen LogP contribution in [0.2, 0.25) is 0 Å². The molecule has 2 aromatic rings. The SMILES string of the molecule is Fc1ccc(F)c(Sc2ncc(Br)cn2)c1. The number of halogens is 3. The molecule has 6 heteroatoms. The van der Waals surface area contributed by atoms with Gasteiger partial charge >= 0.3 is 0 Å². The number of nitrogens with zero attached hydrogens (tertiary/aromatic N) is 2. The van der Waals surface area contributed by atoms with Crippen LogP contribution in [-0.2, 0) is 0 Å². The van der Waals surface area contributed by atoms with E-state index in [1.807, 2.05) is 0 Å². The van der Waals surface area contributed by atoms with E-state index >= 15 is 0 Å². The largest absolute Gasteiger partial charge is 0.230 e. The second kappa shape index (κ2) is 4.88. The molecule has 0 radical (unpaired) electrons. The Morgan fingerprint density at radius 3 is 2.50 bits per heavy atom. The highest BCUT2D eigenvalue weighted by atomic mass is 79.9. The molecule has 0 N–H and O–H groups in total. The van der Waals surface area contributed by atoms with Gasteiger partial charge in [0.1, 0.15) is 11.6 Å². The Kier molecular flexibility index (Phi) is 3.50. The van der Waals surface area contributed by atoms with Gasteiger partial charge in [-0.05, 0) is 45.9 Å². The zero-order valence-corrected chi connectivity index (χ0v) is 10.2. The molecule has 1 aromatic heterocycles. The maximum atomic E-state index is 13.3. The van der Waals surface area contributed by atoms with Crippen molar-refractivity contribution in [2.75, 3.05) is 0 Å². The Bertz CT molecular complexity index is 505. The Balaban J connectivity index is 2.26. The van der Waals surface area contributed by atoms with Crippen LogP contribution < -0.4 is 0 Å². The Labute approximate surface area is 103 Å². The highest BCUT2D eigenvalue weighted by Crippen LogP contribution is 2.27. The average molecular weight is 303 g/mol. The number of benzene rings is 1. The lowest BCUT2D eigenvalue weighted by atomic mass is 10.3. The van der Waals surface area contributed by atoms with E-state index in [0.717, 1.165) is 34.4 Å². The van der Waals surface area contributed by atoms with E-state index in [-0.39, 0.29) is 4.90 Å². The van der Waals surface area contributed by atoms with Crippen LogP contribution in [0.4, 0.5) is 8.78 Å². The smallest absolute Gasteiger partial charge is 0.192 e. The molecule has 0 saturated heterocycles. The van der Waals surface area contributed by atoms with Crippen LogP contribution in [0.5, 0.6) is 0 Å². The van der Waals surface area contributed by atoms with E-state index in [9.17, 15) is 8.78 Å². The highest BCUT2D eigenvalue weighted by molar-refractivity contribution is 9.10. The van der Waals surface area contributed by atoms with Crippen LogP contribution >= 0.6 is 27.7 Å². The Hall–Kier alpha value is -1.01. The number of aromatic nitrogens is 2. The number of rotatable bonds is 2. The third-order valence-corrected chi connectivity index (χ3v) is 3.03. The summed E-state index contributed by atoms with van der Waals surface area (Å²) < 4.78 is 26.9. The van der Waals surface area contributed by atoms with E-state index in [2.05, 4.69) is 25.9 Å². The Morgan fingerprint density at radius 1 is 1.12 bits per heavy atom. The summed E-state index contributed by atoms with van der Waals surface area (Å²) in [7, 11) is 0. The van der Waals surface area contributed by atoms with Crippen molar-refractivity contribution in [3.8, 4) is 0 Å². The number of hydrogen-bond acceptors (Lipinski definition) is 3. The lowest BCUT2D eigenvalue weighted by molar-refractivity contribution is 0.577. The van der Waals surface area contributed by atoms with Gasteiger partial charge in [0.2, 0.25) is 0 Å². The normalized spacial score (nSPS) is 10.4. The molecule has 2 rings (SSSR count). The molecule has 0 aliphatic heterocycles. The van der Waals surface area contributed by atoms with Crippen LogP contribution in [-0.4, -0.2) is 9.97 Å². The molecular formula is C10H5BrF2N2S. The van der Waals surface area contributed by atoms with Gasteiger partial charge in [-0.2, -0.15) is 0 Å². The van der Waals surface area contributed by atoms with Crippen molar-refractivity contribution in [3.63, 3.8) is 0 Å². The Morgan fingerprint density at radius 2 is 1.81 bits per heavy atom. The topological polar surface area (TPSA) is 25.8 Å². The van der Waals surface area contributed by atoms with Crippen molar-refractivity contribution in [3.05, 3.63) is 46.7 Å². The van der Waals surface area contributed by atoms with E-state index in [0.29, 0.717) is 5.16 Å². The standard InChI is InChI=1S/C10H5BrF2N2S/c11-6-4-14-10(15-5-6)16-9-3-7(12)1-2-8(9)13/h1-5H. The fourth-order valence-electron chi connectivity index (χ4n) is 1.01. The molecule has 0 bridgehead atoms. The van der Waals surface area contributed by atoms with Gasteiger partial charge in [-0.25, -0.2) is 18.7 Å². The molecule has 0 aliphatic rings. The van der Waals surface area contributed by atoms with E-state index in [1.165, 1.54) is 0 Å². The molecule has 0 saturated carbocycles. The highest BCUT2D eigenvalue weighted by Gasteiger charge is 2.07. The quantitative estimate of drug-likeness (QED) is 0.792. The summed E-state index contributed by atoms with van der Waals surface area (Å²) in [5.74, 6) is -0.973. The van der Waals surface area contributed by atoms with Gasteiger partial charge in [0.25, 0.3) is 0 Å². The summed E-state index contributed by atoms with van der Waals surface area (Å²) >= 11 is 4.17. The van der Waals surface area contributed by atoms with E-state index in [1.54, 1.807) is 12.4 Å². The van der Waals surface area contributed by atoms with Gasteiger partial charge in [0.05, 0.1) is 9.37 Å². The summed E-state index contributed by atoms with van der Waals surface area (Å²) in [6.45, 7) is 0. The second-order valence-corrected chi connectivity index (χ2v) is 4.79. The lowest BCUT2D eigenvalue weighted by Gasteiger charge is -2.01. The molecule has 82 valence electrons. The van der Waals surface area contributed by atoms with Crippen LogP contribution in [0.3, 0.4) is 0 Å². The lowest BCUT2D eigenvalue weighted by Crippen LogP contribution is -1.88. The van der Waals surface area contributed by atoms with Crippen molar-refractivity contribution >= 4 is 27.7 Å². The minimum absolute atomic E-state index is 0.169. The first-order valence-electron chi connectivity index (χ1n) is 4.25. The molecule has 0 atom stereocenters. The van der Waals surface area contributed by atoms with Gasteiger partial charge in [-0.1, -0.05) is 0 Å². The molecule has 0 spiro atoms. The van der Waals surface area contributed by atoms with Crippen molar-refractivity contribution < 1.29 is 8.78 Å². The first kappa shape index (κ1) is 11.5. The zero-order chi connectivity index (χ0) is 11.5. The average Bonchev–Trinajstić information content (AvgIpc) is 2.27. The molecule has 16 heavy (non-hydrogen) atoms. The third kappa shape index (κ3) is 2.76. The van der Waals surface area contributed by atoms with Crippen molar-refractivity contribution in [1.29, 1.82) is 0 Å². The summed E-state index contributed by atoms with van der Waals surface area (Å²) in [4.78, 5) is 8.09. The summed E-state index contributed by atoms with van der Waals surface area (Å²) in [5, 5.41) is 0.368. The van der Waals surface area contributed by atoms with E-state index in [4.69, 9.17) is 0 Å². The fraction of sp³-hybridized carbons (Fsp3) is 0. The predicted molar refractivity (Wildman–Crippen MR) is 60.2 cm³/mol.